The van der Waals surface area contributed by atoms with Crippen LogP contribution in [0.2, 0.25) is 0 Å². The first kappa shape index (κ1) is 22.5. The van der Waals surface area contributed by atoms with Crippen molar-refractivity contribution in [2.24, 2.45) is 0 Å². The summed E-state index contributed by atoms with van der Waals surface area (Å²) in [4.78, 5) is 11.7. The fourth-order valence-corrected chi connectivity index (χ4v) is 1.64. The molecule has 8 heteroatoms. The number of hydrogen-bond donors (Lipinski definition) is 1. The van der Waals surface area contributed by atoms with Gasteiger partial charge in [-0.25, -0.2) is 10.1 Å². The Balaban J connectivity index is 0.00000178. The minimum atomic E-state index is -0.417. The predicted octanol–water partition coefficient (Wildman–Crippen LogP) is 1.69. The number of likely N-dealkylation sites (N-methyl/N-ethyl adjacent to an activating group) is 1. The van der Waals surface area contributed by atoms with Crippen molar-refractivity contribution < 1.29 is 28.6 Å². The highest BCUT2D eigenvalue weighted by molar-refractivity contribution is 7.64. The summed E-state index contributed by atoms with van der Waals surface area (Å²) in [5.41, 5.74) is 0.662. The molecule has 0 bridgehead atoms. The lowest BCUT2D eigenvalue weighted by atomic mass is 10.1. The molecule has 138 valence electrons. The van der Waals surface area contributed by atoms with Crippen molar-refractivity contribution in [1.29, 1.82) is 5.26 Å². The van der Waals surface area contributed by atoms with Gasteiger partial charge in [0.2, 0.25) is 5.75 Å². The minimum Gasteiger partial charge on any atom is -0.696 e. The number of carbonyl (C=O) groups is 1. The number of thiocyanates is 1. The number of nitrogens with zero attached hydrogens (tertiary/aromatic N) is 2. The van der Waals surface area contributed by atoms with Crippen molar-refractivity contribution >= 4 is 24.7 Å². The van der Waals surface area contributed by atoms with Crippen molar-refractivity contribution in [2.75, 3.05) is 48.5 Å². The molecule has 1 aromatic carbocycles. The third-order valence-electron chi connectivity index (χ3n) is 2.92. The smallest absolute Gasteiger partial charge is 0.330 e. The summed E-state index contributed by atoms with van der Waals surface area (Å²) < 4.78 is 16.0. The van der Waals surface area contributed by atoms with E-state index >= 15 is 0 Å². The second-order valence-corrected chi connectivity index (χ2v) is 6.06. The van der Waals surface area contributed by atoms with E-state index in [1.165, 1.54) is 25.7 Å². The third-order valence-corrected chi connectivity index (χ3v) is 2.92. The van der Waals surface area contributed by atoms with E-state index in [0.29, 0.717) is 12.2 Å². The zero-order valence-electron chi connectivity index (χ0n) is 15.1. The number of aromatic hydroxyl groups is 1. The van der Waals surface area contributed by atoms with E-state index in [1.807, 2.05) is 21.1 Å². The van der Waals surface area contributed by atoms with E-state index < -0.39 is 5.97 Å². The number of esters is 1. The lowest BCUT2D eigenvalue weighted by Gasteiger charge is -2.23. The van der Waals surface area contributed by atoms with Crippen LogP contribution < -0.4 is 9.47 Å². The van der Waals surface area contributed by atoms with Crippen molar-refractivity contribution in [2.45, 2.75) is 0 Å². The van der Waals surface area contributed by atoms with Crippen LogP contribution in [0.1, 0.15) is 5.56 Å². The number of rotatable bonds is 7. The van der Waals surface area contributed by atoms with Gasteiger partial charge in [-0.15, -0.1) is 0 Å². The van der Waals surface area contributed by atoms with E-state index in [2.05, 4.69) is 12.6 Å². The Morgan fingerprint density at radius 2 is 1.76 bits per heavy atom. The number of hydrogen-bond acceptors (Lipinski definition) is 7. The van der Waals surface area contributed by atoms with Crippen LogP contribution in [0.3, 0.4) is 0 Å². The maximum Gasteiger partial charge on any atom is 0.330 e. The van der Waals surface area contributed by atoms with Gasteiger partial charge in [-0.3, -0.25) is 0 Å². The number of nitriles is 1. The summed E-state index contributed by atoms with van der Waals surface area (Å²) in [5.74, 6) is 0.0573. The maximum absolute atomic E-state index is 11.7. The number of phenols is 1. The first-order valence-corrected chi connectivity index (χ1v) is 7.70. The molecule has 0 unspecified atom stereocenters. The molecule has 1 rings (SSSR count). The zero-order valence-corrected chi connectivity index (χ0v) is 15.9. The monoisotopic (exact) mass is 368 g/mol. The summed E-state index contributed by atoms with van der Waals surface area (Å²) in [7, 11) is 8.97. The standard InChI is InChI=1S/C16H23NO5.CHNS/c1-17(2,3)8-9-22-15(18)7-6-12-10-13(20-4)16(19)14(11-12)21-5;2-1-3/h6-7,10-11H,8-9H2,1-5H3;3H. The van der Waals surface area contributed by atoms with E-state index in [9.17, 15) is 9.90 Å². The Morgan fingerprint density at radius 1 is 1.28 bits per heavy atom. The molecule has 0 aliphatic heterocycles. The number of methoxy groups -OCH3 is 2. The Labute approximate surface area is 154 Å². The second-order valence-electron chi connectivity index (χ2n) is 5.88. The van der Waals surface area contributed by atoms with Gasteiger partial charge in [-0.1, -0.05) is 5.40 Å². The van der Waals surface area contributed by atoms with Crippen LogP contribution in [-0.4, -0.2) is 64.1 Å². The highest BCUT2D eigenvalue weighted by atomic mass is 32.1. The molecular formula is C17H24N2O5S. The van der Waals surface area contributed by atoms with E-state index in [0.717, 1.165) is 11.0 Å². The summed E-state index contributed by atoms with van der Waals surface area (Å²) in [6.45, 7) is 1.09. The van der Waals surface area contributed by atoms with Crippen LogP contribution >= 0.6 is 0 Å². The summed E-state index contributed by atoms with van der Waals surface area (Å²) in [5, 5.41) is 18.3. The van der Waals surface area contributed by atoms with Crippen LogP contribution in [0.5, 0.6) is 17.2 Å². The minimum absolute atomic E-state index is 0.0762. The van der Waals surface area contributed by atoms with Gasteiger partial charge in [0, 0.05) is 6.08 Å². The molecule has 0 aliphatic carbocycles. The molecular weight excluding hydrogens is 344 g/mol. The average Bonchev–Trinajstić information content (AvgIpc) is 2.53. The molecule has 0 fully saturated rings. The van der Waals surface area contributed by atoms with Crippen LogP contribution in [0.15, 0.2) is 18.2 Å². The molecule has 0 heterocycles. The molecule has 0 saturated carbocycles. The normalized spacial score (nSPS) is 10.4. The number of quaternary nitrogens is 1. The molecule has 0 saturated heterocycles. The molecule has 0 aromatic heterocycles. The van der Waals surface area contributed by atoms with Crippen molar-refractivity contribution in [3.05, 3.63) is 23.8 Å². The number of benzene rings is 1. The number of carbonyl (C=O) groups excluding carboxylic acids is 1. The summed E-state index contributed by atoms with van der Waals surface area (Å²) in [6.07, 6.45) is 2.92. The Hall–Kier alpha value is -2.50. The van der Waals surface area contributed by atoms with Gasteiger partial charge in [0.05, 0.1) is 35.4 Å². The van der Waals surface area contributed by atoms with Gasteiger partial charge < -0.3 is 36.4 Å². The van der Waals surface area contributed by atoms with Gasteiger partial charge in [0.25, 0.3) is 0 Å². The Kier molecular flexibility index (Phi) is 10.0. The molecule has 0 amide bonds. The second kappa shape index (κ2) is 11.1. The maximum atomic E-state index is 11.7. The van der Waals surface area contributed by atoms with Gasteiger partial charge >= 0.3 is 5.97 Å². The first-order valence-electron chi connectivity index (χ1n) is 7.30. The topological polar surface area (TPSA) is 88.8 Å². The molecule has 0 radical (unpaired) electrons. The molecule has 1 aromatic rings. The molecule has 0 atom stereocenters. The van der Waals surface area contributed by atoms with Crippen molar-refractivity contribution in [1.82, 2.24) is 0 Å². The van der Waals surface area contributed by atoms with Gasteiger partial charge in [-0.05, 0) is 23.8 Å². The van der Waals surface area contributed by atoms with Crippen LogP contribution in [0.4, 0.5) is 0 Å². The van der Waals surface area contributed by atoms with Crippen LogP contribution in [0.25, 0.3) is 6.08 Å². The Bertz CT molecular complexity index is 608. The van der Waals surface area contributed by atoms with Crippen molar-refractivity contribution in [3.8, 4) is 22.6 Å². The van der Waals surface area contributed by atoms with Crippen LogP contribution in [0, 0.1) is 10.7 Å². The largest absolute Gasteiger partial charge is 0.696 e. The van der Waals surface area contributed by atoms with Gasteiger partial charge in [-0.2, -0.15) is 0 Å². The first-order chi connectivity index (χ1) is 11.7. The predicted molar refractivity (Wildman–Crippen MR) is 97.1 cm³/mol. The third kappa shape index (κ3) is 9.39. The van der Waals surface area contributed by atoms with Gasteiger partial charge in [0.1, 0.15) is 13.2 Å². The van der Waals surface area contributed by atoms with Crippen LogP contribution in [-0.2, 0) is 22.2 Å². The number of ether oxygens (including phenoxy) is 3. The van der Waals surface area contributed by atoms with Gasteiger partial charge in [0.15, 0.2) is 11.5 Å². The molecule has 0 spiro atoms. The molecule has 25 heavy (non-hydrogen) atoms. The fraction of sp³-hybridized carbons (Fsp3) is 0.412. The number of phenolic OH excluding ortho intramolecular Hbond substituents is 1. The molecule has 1 N–H and O–H groups in total. The summed E-state index contributed by atoms with van der Waals surface area (Å²) >= 11 is 3.70. The van der Waals surface area contributed by atoms with E-state index in [-0.39, 0.29) is 17.2 Å². The molecule has 0 aliphatic rings. The quantitative estimate of drug-likeness (QED) is 0.257. The van der Waals surface area contributed by atoms with E-state index in [4.69, 9.17) is 19.5 Å². The molecule has 7 nitrogen and oxygen atoms in total. The lowest BCUT2D eigenvalue weighted by Crippen LogP contribution is -2.37. The average molecular weight is 368 g/mol. The SMILES string of the molecule is COc1cc(/C=C/C(=O)OCC[N+](C)(C)C)cc(OC)c1O.N#C[S-]. The highest BCUT2D eigenvalue weighted by Gasteiger charge is 2.11. The van der Waals surface area contributed by atoms with Crippen molar-refractivity contribution in [3.63, 3.8) is 0 Å². The lowest BCUT2D eigenvalue weighted by molar-refractivity contribution is -0.870. The highest BCUT2D eigenvalue weighted by Crippen LogP contribution is 2.37. The van der Waals surface area contributed by atoms with E-state index in [1.54, 1.807) is 18.2 Å². The zero-order chi connectivity index (χ0) is 19.5. The fourth-order valence-electron chi connectivity index (χ4n) is 1.64. The Morgan fingerprint density at radius 3 is 2.16 bits per heavy atom. The summed E-state index contributed by atoms with van der Waals surface area (Å²) in [6, 6.07) is 3.21.